The molecule has 0 saturated heterocycles. The predicted octanol–water partition coefficient (Wildman–Crippen LogP) is 3.82. The van der Waals surface area contributed by atoms with Gasteiger partial charge in [-0.2, -0.15) is 13.2 Å². The zero-order chi connectivity index (χ0) is 14.4. The number of hydrogen-bond acceptors (Lipinski definition) is 3. The van der Waals surface area contributed by atoms with Gasteiger partial charge in [-0.05, 0) is 24.0 Å². The smallest absolute Gasteiger partial charge is 0.376 e. The van der Waals surface area contributed by atoms with E-state index in [2.05, 4.69) is 5.32 Å². The highest BCUT2D eigenvalue weighted by Gasteiger charge is 2.46. The molecule has 0 spiro atoms. The molecule has 1 unspecified atom stereocenters. The zero-order valence-electron chi connectivity index (χ0n) is 10.4. The van der Waals surface area contributed by atoms with Gasteiger partial charge in [0.1, 0.15) is 5.69 Å². The average Bonchev–Trinajstić information content (AvgIpc) is 2.84. The normalized spacial score (nSPS) is 21.0. The third kappa shape index (κ3) is 2.80. The molecule has 1 aliphatic rings. The van der Waals surface area contributed by atoms with Crippen LogP contribution in [-0.4, -0.2) is 11.0 Å². The summed E-state index contributed by atoms with van der Waals surface area (Å²) < 4.78 is 37.6. The minimum absolute atomic E-state index is 0.0244. The van der Waals surface area contributed by atoms with Gasteiger partial charge in [0.2, 0.25) is 0 Å². The summed E-state index contributed by atoms with van der Waals surface area (Å²) in [6.07, 6.45) is -3.74. The molecule has 1 N–H and O–H groups in total. The summed E-state index contributed by atoms with van der Waals surface area (Å²) in [6.45, 7) is 3.97. The highest BCUT2D eigenvalue weighted by molar-refractivity contribution is 5.64. The first-order valence-corrected chi connectivity index (χ1v) is 5.73. The highest BCUT2D eigenvalue weighted by Crippen LogP contribution is 2.47. The van der Waals surface area contributed by atoms with E-state index in [4.69, 9.17) is 0 Å². The Morgan fingerprint density at radius 1 is 1.42 bits per heavy atom. The Morgan fingerprint density at radius 3 is 2.42 bits per heavy atom. The topological polar surface area (TPSA) is 55.2 Å². The number of alkyl halides is 3. The summed E-state index contributed by atoms with van der Waals surface area (Å²) in [5.74, 6) is 0. The first kappa shape index (κ1) is 13.6. The second kappa shape index (κ2) is 4.11. The van der Waals surface area contributed by atoms with Gasteiger partial charge < -0.3 is 5.32 Å². The number of hydrogen-bond donors (Lipinski definition) is 1. The van der Waals surface area contributed by atoms with E-state index in [0.29, 0.717) is 6.07 Å². The highest BCUT2D eigenvalue weighted by atomic mass is 19.4. The van der Waals surface area contributed by atoms with Gasteiger partial charge >= 0.3 is 6.18 Å². The third-order valence-corrected chi connectivity index (χ3v) is 3.36. The molecule has 0 heterocycles. The van der Waals surface area contributed by atoms with Gasteiger partial charge in [0.05, 0.1) is 10.5 Å². The molecular formula is C12H13F3N2O2. The maximum absolute atomic E-state index is 12.5. The molecule has 1 atom stereocenters. The molecule has 1 saturated carbocycles. The van der Waals surface area contributed by atoms with Gasteiger partial charge in [-0.3, -0.25) is 10.1 Å². The number of halogens is 3. The first-order chi connectivity index (χ1) is 8.61. The zero-order valence-corrected chi connectivity index (χ0v) is 10.4. The Kier molecular flexibility index (Phi) is 2.95. The summed E-state index contributed by atoms with van der Waals surface area (Å²) in [5.41, 5.74) is -1.40. The van der Waals surface area contributed by atoms with Crippen LogP contribution in [0.25, 0.3) is 0 Å². The van der Waals surface area contributed by atoms with Crippen LogP contribution in [0.5, 0.6) is 0 Å². The van der Waals surface area contributed by atoms with E-state index in [0.717, 1.165) is 18.6 Å². The number of nitro benzene ring substituents is 1. The van der Waals surface area contributed by atoms with E-state index in [1.54, 1.807) is 0 Å². The van der Waals surface area contributed by atoms with Crippen molar-refractivity contribution in [3.05, 3.63) is 33.9 Å². The summed E-state index contributed by atoms with van der Waals surface area (Å²) in [5, 5.41) is 13.8. The predicted molar refractivity (Wildman–Crippen MR) is 63.9 cm³/mol. The van der Waals surface area contributed by atoms with Crippen molar-refractivity contribution in [3.63, 3.8) is 0 Å². The number of nitrogens with zero attached hydrogens (tertiary/aromatic N) is 1. The van der Waals surface area contributed by atoms with Crippen molar-refractivity contribution < 1.29 is 18.1 Å². The molecule has 1 aliphatic carbocycles. The van der Waals surface area contributed by atoms with Crippen molar-refractivity contribution in [2.24, 2.45) is 5.41 Å². The van der Waals surface area contributed by atoms with Crippen LogP contribution in [-0.2, 0) is 6.18 Å². The lowest BCUT2D eigenvalue weighted by molar-refractivity contribution is -0.384. The summed E-state index contributed by atoms with van der Waals surface area (Å²) in [6, 6.07) is 2.60. The van der Waals surface area contributed by atoms with Crippen LogP contribution in [0.15, 0.2) is 18.2 Å². The van der Waals surface area contributed by atoms with Gasteiger partial charge in [-0.15, -0.1) is 0 Å². The van der Waals surface area contributed by atoms with Crippen LogP contribution in [0.1, 0.15) is 25.8 Å². The number of nitrogens with one attached hydrogen (secondary N) is 1. The molecule has 0 radical (unpaired) electrons. The van der Waals surface area contributed by atoms with Crippen molar-refractivity contribution in [1.29, 1.82) is 0 Å². The van der Waals surface area contributed by atoms with Crippen LogP contribution >= 0.6 is 0 Å². The largest absolute Gasteiger partial charge is 0.416 e. The number of benzene rings is 1. The van der Waals surface area contributed by atoms with Crippen LogP contribution in [0.4, 0.5) is 24.5 Å². The lowest BCUT2D eigenvalue weighted by Gasteiger charge is -2.11. The molecule has 7 heteroatoms. The summed E-state index contributed by atoms with van der Waals surface area (Å²) >= 11 is 0. The van der Waals surface area contributed by atoms with Crippen molar-refractivity contribution in [2.45, 2.75) is 32.5 Å². The van der Waals surface area contributed by atoms with Crippen LogP contribution in [0.3, 0.4) is 0 Å². The van der Waals surface area contributed by atoms with E-state index in [1.807, 2.05) is 13.8 Å². The third-order valence-electron chi connectivity index (χ3n) is 3.36. The Bertz CT molecular complexity index is 526. The molecule has 0 aromatic heterocycles. The lowest BCUT2D eigenvalue weighted by atomic mass is 10.1. The van der Waals surface area contributed by atoms with Gasteiger partial charge in [0, 0.05) is 12.1 Å². The van der Waals surface area contributed by atoms with Crippen molar-refractivity contribution >= 4 is 11.4 Å². The molecule has 19 heavy (non-hydrogen) atoms. The maximum Gasteiger partial charge on any atom is 0.416 e. The number of anilines is 1. The second-order valence-electron chi connectivity index (χ2n) is 5.38. The number of rotatable bonds is 3. The molecule has 1 aromatic rings. The second-order valence-corrected chi connectivity index (χ2v) is 5.38. The monoisotopic (exact) mass is 274 g/mol. The fourth-order valence-corrected chi connectivity index (χ4v) is 1.88. The number of nitro groups is 1. The molecule has 0 amide bonds. The van der Waals surface area contributed by atoms with E-state index in [1.165, 1.54) is 0 Å². The molecule has 0 aliphatic heterocycles. The van der Waals surface area contributed by atoms with Gasteiger partial charge in [-0.25, -0.2) is 0 Å². The van der Waals surface area contributed by atoms with Crippen LogP contribution in [0, 0.1) is 15.5 Å². The van der Waals surface area contributed by atoms with Crippen LogP contribution < -0.4 is 5.32 Å². The standard InChI is InChI=1S/C12H13F3N2O2/c1-11(2)6-10(11)16-8-4-3-7(12(13,14)15)5-9(8)17(18)19/h3-5,10,16H,6H2,1-2H3. The van der Waals surface area contributed by atoms with E-state index < -0.39 is 22.4 Å². The Balaban J connectivity index is 2.31. The van der Waals surface area contributed by atoms with Gasteiger partial charge in [0.25, 0.3) is 5.69 Å². The van der Waals surface area contributed by atoms with E-state index >= 15 is 0 Å². The molecule has 2 rings (SSSR count). The molecule has 104 valence electrons. The van der Waals surface area contributed by atoms with E-state index in [9.17, 15) is 23.3 Å². The molecule has 1 fully saturated rings. The average molecular weight is 274 g/mol. The minimum atomic E-state index is -4.58. The molecule has 1 aromatic carbocycles. The fourth-order valence-electron chi connectivity index (χ4n) is 1.88. The van der Waals surface area contributed by atoms with E-state index in [-0.39, 0.29) is 17.1 Å². The van der Waals surface area contributed by atoms with Crippen LogP contribution in [0.2, 0.25) is 0 Å². The van der Waals surface area contributed by atoms with Crippen molar-refractivity contribution in [1.82, 2.24) is 0 Å². The Labute approximate surface area is 107 Å². The molecular weight excluding hydrogens is 261 g/mol. The Morgan fingerprint density at radius 2 is 2.00 bits per heavy atom. The van der Waals surface area contributed by atoms with Crippen molar-refractivity contribution in [2.75, 3.05) is 5.32 Å². The maximum atomic E-state index is 12.5. The lowest BCUT2D eigenvalue weighted by Crippen LogP contribution is -2.11. The quantitative estimate of drug-likeness (QED) is 0.673. The fraction of sp³-hybridized carbons (Fsp3) is 0.500. The Hall–Kier alpha value is -1.79. The SMILES string of the molecule is CC1(C)CC1Nc1ccc(C(F)(F)F)cc1[N+](=O)[O-]. The van der Waals surface area contributed by atoms with Gasteiger partial charge in [-0.1, -0.05) is 13.8 Å². The molecule has 0 bridgehead atoms. The molecule has 4 nitrogen and oxygen atoms in total. The summed E-state index contributed by atoms with van der Waals surface area (Å²) in [7, 11) is 0. The minimum Gasteiger partial charge on any atom is -0.376 e. The van der Waals surface area contributed by atoms with Crippen molar-refractivity contribution in [3.8, 4) is 0 Å². The van der Waals surface area contributed by atoms with Gasteiger partial charge in [0.15, 0.2) is 0 Å². The first-order valence-electron chi connectivity index (χ1n) is 5.73. The summed E-state index contributed by atoms with van der Waals surface area (Å²) in [4.78, 5) is 10.1.